The summed E-state index contributed by atoms with van der Waals surface area (Å²) in [7, 11) is 0. The predicted octanol–water partition coefficient (Wildman–Crippen LogP) is 2.11. The normalized spacial score (nSPS) is 19.1. The van der Waals surface area contributed by atoms with E-state index in [0.29, 0.717) is 0 Å². The third kappa shape index (κ3) is 2.84. The first kappa shape index (κ1) is 9.56. The van der Waals surface area contributed by atoms with E-state index in [4.69, 9.17) is 0 Å². The first-order valence-corrected chi connectivity index (χ1v) is 5.06. The molecule has 0 aromatic heterocycles. The molecule has 1 amide bonds. The van der Waals surface area contributed by atoms with Crippen molar-refractivity contribution >= 4 is 5.91 Å². The summed E-state index contributed by atoms with van der Waals surface area (Å²) in [6, 6.07) is 0. The highest BCUT2D eigenvalue weighted by Gasteiger charge is 2.20. The summed E-state index contributed by atoms with van der Waals surface area (Å²) in [5.41, 5.74) is 0. The van der Waals surface area contributed by atoms with E-state index < -0.39 is 0 Å². The van der Waals surface area contributed by atoms with Crippen molar-refractivity contribution in [1.29, 1.82) is 0 Å². The number of hydrogen-bond donors (Lipinski definition) is 0. The molecular weight excluding hydrogens is 150 g/mol. The lowest BCUT2D eigenvalue weighted by Crippen LogP contribution is -2.26. The summed E-state index contributed by atoms with van der Waals surface area (Å²) in [6.07, 6.45) is 6.88. The Morgan fingerprint density at radius 2 is 2.00 bits per heavy atom. The Balaban J connectivity index is 2.20. The maximum absolute atomic E-state index is 11.4. The van der Waals surface area contributed by atoms with Gasteiger partial charge in [-0.05, 0) is 19.3 Å². The van der Waals surface area contributed by atoms with Crippen molar-refractivity contribution in [3.63, 3.8) is 0 Å². The van der Waals surface area contributed by atoms with Crippen LogP contribution in [0.25, 0.3) is 0 Å². The number of nitrogens with zero attached hydrogens (tertiary/aromatic N) is 1. The Hall–Kier alpha value is -0.530. The molecule has 0 spiro atoms. The Labute approximate surface area is 74.7 Å². The lowest BCUT2D eigenvalue weighted by molar-refractivity contribution is -0.126. The molecule has 1 aliphatic carbocycles. The van der Waals surface area contributed by atoms with Gasteiger partial charge in [0.05, 0.1) is 0 Å². The zero-order valence-electron chi connectivity index (χ0n) is 7.88. The molecule has 0 heterocycles. The minimum Gasteiger partial charge on any atom is -0.273 e. The zero-order chi connectivity index (χ0) is 8.81. The summed E-state index contributed by atoms with van der Waals surface area (Å²) in [6.45, 7) is 2.77. The summed E-state index contributed by atoms with van der Waals surface area (Å²) in [5, 5.41) is 4.03. The number of amides is 1. The molecule has 0 aromatic rings. The van der Waals surface area contributed by atoms with Crippen LogP contribution in [-0.4, -0.2) is 12.5 Å². The van der Waals surface area contributed by atoms with Gasteiger partial charge < -0.3 is 0 Å². The van der Waals surface area contributed by atoms with Crippen molar-refractivity contribution in [2.75, 3.05) is 6.54 Å². The fourth-order valence-electron chi connectivity index (χ4n) is 1.70. The van der Waals surface area contributed by atoms with Crippen molar-refractivity contribution in [3.8, 4) is 0 Å². The third-order valence-corrected chi connectivity index (χ3v) is 2.45. The van der Waals surface area contributed by atoms with Gasteiger partial charge in [0.25, 0.3) is 0 Å². The van der Waals surface area contributed by atoms with E-state index in [9.17, 15) is 4.79 Å². The van der Waals surface area contributed by atoms with E-state index in [1.165, 1.54) is 19.3 Å². The zero-order valence-corrected chi connectivity index (χ0v) is 7.88. The van der Waals surface area contributed by atoms with Crippen LogP contribution in [0.3, 0.4) is 0 Å². The summed E-state index contributed by atoms with van der Waals surface area (Å²) >= 11 is 0. The Morgan fingerprint density at radius 3 is 2.58 bits per heavy atom. The number of hydrogen-bond acceptors (Lipinski definition) is 1. The minimum atomic E-state index is 0.163. The predicted molar refractivity (Wildman–Crippen MR) is 48.9 cm³/mol. The van der Waals surface area contributed by atoms with Gasteiger partial charge in [0.2, 0.25) is 5.91 Å². The molecule has 12 heavy (non-hydrogen) atoms. The van der Waals surface area contributed by atoms with Crippen molar-refractivity contribution in [2.45, 2.75) is 45.4 Å². The largest absolute Gasteiger partial charge is 0.273 e. The quantitative estimate of drug-likeness (QED) is 0.635. The molecule has 1 radical (unpaired) electrons. The van der Waals surface area contributed by atoms with Crippen LogP contribution in [0.1, 0.15) is 45.4 Å². The molecule has 0 aliphatic heterocycles. The molecule has 0 N–H and O–H groups in total. The molecule has 0 bridgehead atoms. The monoisotopic (exact) mass is 168 g/mol. The highest BCUT2D eigenvalue weighted by molar-refractivity contribution is 5.78. The molecular formula is C10H18NO. The van der Waals surface area contributed by atoms with Crippen LogP contribution in [0, 0.1) is 5.92 Å². The molecule has 0 unspecified atom stereocenters. The summed E-state index contributed by atoms with van der Waals surface area (Å²) in [5.74, 6) is 0.432. The molecule has 0 atom stereocenters. The van der Waals surface area contributed by atoms with Crippen molar-refractivity contribution in [2.24, 2.45) is 5.92 Å². The highest BCUT2D eigenvalue weighted by Crippen LogP contribution is 2.23. The van der Waals surface area contributed by atoms with Gasteiger partial charge in [0.15, 0.2) is 0 Å². The van der Waals surface area contributed by atoms with E-state index in [-0.39, 0.29) is 11.8 Å². The first-order chi connectivity index (χ1) is 5.84. The Bertz CT molecular complexity index is 139. The topological polar surface area (TPSA) is 31.2 Å². The van der Waals surface area contributed by atoms with Crippen LogP contribution in [0.4, 0.5) is 0 Å². The average molecular weight is 168 g/mol. The van der Waals surface area contributed by atoms with E-state index >= 15 is 0 Å². The van der Waals surface area contributed by atoms with Crippen LogP contribution in [-0.2, 0) is 4.79 Å². The molecule has 1 saturated carbocycles. The fraction of sp³-hybridized carbons (Fsp3) is 0.900. The minimum absolute atomic E-state index is 0.163. The van der Waals surface area contributed by atoms with Gasteiger partial charge in [-0.15, -0.1) is 0 Å². The van der Waals surface area contributed by atoms with Crippen LogP contribution < -0.4 is 5.32 Å². The van der Waals surface area contributed by atoms with Gasteiger partial charge in [-0.2, -0.15) is 0 Å². The molecule has 2 heteroatoms. The number of carbonyl (C=O) groups excluding carboxylic acids is 1. The second kappa shape index (κ2) is 5.18. The second-order valence-electron chi connectivity index (χ2n) is 3.55. The van der Waals surface area contributed by atoms with E-state index in [0.717, 1.165) is 25.8 Å². The lowest BCUT2D eigenvalue weighted by Gasteiger charge is -2.19. The summed E-state index contributed by atoms with van der Waals surface area (Å²) in [4.78, 5) is 11.4. The van der Waals surface area contributed by atoms with Crippen LogP contribution in [0.2, 0.25) is 0 Å². The SMILES string of the molecule is CCC[N]C(=O)C1CCCCC1. The smallest absolute Gasteiger partial charge is 0.244 e. The maximum atomic E-state index is 11.4. The molecule has 1 aliphatic rings. The van der Waals surface area contributed by atoms with Crippen LogP contribution >= 0.6 is 0 Å². The van der Waals surface area contributed by atoms with E-state index in [1.807, 2.05) is 0 Å². The van der Waals surface area contributed by atoms with Gasteiger partial charge in [-0.25, -0.2) is 0 Å². The van der Waals surface area contributed by atoms with Gasteiger partial charge in [-0.1, -0.05) is 26.2 Å². The molecule has 0 saturated heterocycles. The molecule has 69 valence electrons. The van der Waals surface area contributed by atoms with Crippen LogP contribution in [0.5, 0.6) is 0 Å². The second-order valence-corrected chi connectivity index (χ2v) is 3.55. The van der Waals surface area contributed by atoms with Crippen molar-refractivity contribution < 1.29 is 4.79 Å². The molecule has 0 aromatic carbocycles. The average Bonchev–Trinajstić information content (AvgIpc) is 2.15. The maximum Gasteiger partial charge on any atom is 0.244 e. The Kier molecular flexibility index (Phi) is 4.12. The van der Waals surface area contributed by atoms with Gasteiger partial charge in [-0.3, -0.25) is 10.1 Å². The molecule has 2 nitrogen and oxygen atoms in total. The van der Waals surface area contributed by atoms with Gasteiger partial charge >= 0.3 is 0 Å². The van der Waals surface area contributed by atoms with Gasteiger partial charge in [0.1, 0.15) is 0 Å². The lowest BCUT2D eigenvalue weighted by atomic mass is 9.89. The van der Waals surface area contributed by atoms with E-state index in [2.05, 4.69) is 12.2 Å². The third-order valence-electron chi connectivity index (χ3n) is 2.45. The first-order valence-electron chi connectivity index (χ1n) is 5.06. The van der Waals surface area contributed by atoms with Crippen molar-refractivity contribution in [1.82, 2.24) is 5.32 Å². The van der Waals surface area contributed by atoms with E-state index in [1.54, 1.807) is 0 Å². The molecule has 1 fully saturated rings. The molecule has 1 rings (SSSR count). The Morgan fingerprint density at radius 1 is 1.33 bits per heavy atom. The van der Waals surface area contributed by atoms with Crippen LogP contribution in [0.15, 0.2) is 0 Å². The number of carbonyl (C=O) groups is 1. The van der Waals surface area contributed by atoms with Gasteiger partial charge in [0, 0.05) is 12.5 Å². The standard InChI is InChI=1S/C10H18NO/c1-2-8-11-10(12)9-6-4-3-5-7-9/h9H,2-8H2,1H3. The number of rotatable bonds is 3. The highest BCUT2D eigenvalue weighted by atomic mass is 16.1. The fourth-order valence-corrected chi connectivity index (χ4v) is 1.70. The van der Waals surface area contributed by atoms with Crippen molar-refractivity contribution in [3.05, 3.63) is 0 Å². The summed E-state index contributed by atoms with van der Waals surface area (Å²) < 4.78 is 0.